The molecule has 31 heavy (non-hydrogen) atoms. The average Bonchev–Trinajstić information content (AvgIpc) is 2.71. The molecule has 2 aromatic carbocycles. The number of rotatable bonds is 5. The molecular formula is C19H15F9N2O. The molecule has 170 valence electrons. The van der Waals surface area contributed by atoms with E-state index < -0.39 is 35.2 Å². The van der Waals surface area contributed by atoms with Crippen LogP contribution in [0, 0.1) is 0 Å². The molecule has 1 heterocycles. The van der Waals surface area contributed by atoms with Crippen molar-refractivity contribution >= 4 is 16.5 Å². The van der Waals surface area contributed by atoms with Crippen molar-refractivity contribution < 1.29 is 44.3 Å². The van der Waals surface area contributed by atoms with Gasteiger partial charge in [-0.3, -0.25) is 5.01 Å². The smallest absolute Gasteiger partial charge is 0.378 e. The lowest BCUT2D eigenvalue weighted by Crippen LogP contribution is -2.63. The summed E-state index contributed by atoms with van der Waals surface area (Å²) in [5.74, 6) is -19.8. The van der Waals surface area contributed by atoms with E-state index in [2.05, 4.69) is 5.10 Å². The number of hydrogen-bond acceptors (Lipinski definition) is 3. The molecular weight excluding hydrogens is 443 g/mol. The van der Waals surface area contributed by atoms with Crippen molar-refractivity contribution in [3.05, 3.63) is 48.0 Å². The van der Waals surface area contributed by atoms with Gasteiger partial charge in [-0.2, -0.15) is 44.6 Å². The van der Waals surface area contributed by atoms with E-state index in [1.54, 1.807) is 12.1 Å². The Hall–Kier alpha value is -2.50. The van der Waals surface area contributed by atoms with E-state index in [0.717, 1.165) is 17.1 Å². The zero-order valence-corrected chi connectivity index (χ0v) is 15.6. The minimum atomic E-state index is -7.01. The molecule has 1 aliphatic heterocycles. The van der Waals surface area contributed by atoms with Gasteiger partial charge in [-0.25, -0.2) is 0 Å². The molecule has 3 rings (SSSR count). The summed E-state index contributed by atoms with van der Waals surface area (Å²) in [6.07, 6.45) is -6.91. The lowest BCUT2D eigenvalue weighted by molar-refractivity contribution is -0.384. The van der Waals surface area contributed by atoms with Crippen molar-refractivity contribution in [2.24, 2.45) is 5.10 Å². The standard InChI is InChI=1S/C19H15F9N2O/c20-16(21,17(22,23)18(24,25)19(26,27)28)15(29-30-7-9-31-10-8-30)14-6-5-12-3-1-2-4-13(12)11-14/h1-6,11H,7-10H2/b29-15+. The molecule has 0 atom stereocenters. The topological polar surface area (TPSA) is 24.8 Å². The van der Waals surface area contributed by atoms with Crippen LogP contribution in [-0.2, 0) is 4.74 Å². The number of halogens is 9. The zero-order chi connectivity index (χ0) is 23.1. The van der Waals surface area contributed by atoms with Gasteiger partial charge in [0, 0.05) is 5.56 Å². The predicted molar refractivity (Wildman–Crippen MR) is 93.8 cm³/mol. The first-order valence-electron chi connectivity index (χ1n) is 8.90. The molecule has 0 radical (unpaired) electrons. The molecule has 2 aromatic rings. The third-order valence-electron chi connectivity index (χ3n) is 4.69. The Bertz CT molecular complexity index is 966. The Labute approximate surface area is 170 Å². The number of hydrazone groups is 1. The van der Waals surface area contributed by atoms with E-state index in [1.165, 1.54) is 18.2 Å². The Morgan fingerprint density at radius 3 is 1.94 bits per heavy atom. The van der Waals surface area contributed by atoms with Gasteiger partial charge in [0.05, 0.1) is 26.3 Å². The molecule has 0 unspecified atom stereocenters. The quantitative estimate of drug-likeness (QED) is 0.446. The van der Waals surface area contributed by atoms with Crippen molar-refractivity contribution in [1.82, 2.24) is 5.01 Å². The first-order valence-corrected chi connectivity index (χ1v) is 8.90. The van der Waals surface area contributed by atoms with Crippen molar-refractivity contribution in [3.8, 4) is 0 Å². The highest BCUT2D eigenvalue weighted by molar-refractivity contribution is 6.08. The minimum absolute atomic E-state index is 0.0187. The first-order chi connectivity index (χ1) is 14.3. The Kier molecular flexibility index (Phi) is 5.89. The second-order valence-corrected chi connectivity index (χ2v) is 6.80. The Balaban J connectivity index is 2.17. The fourth-order valence-corrected chi connectivity index (χ4v) is 2.96. The van der Waals surface area contributed by atoms with Crippen LogP contribution in [0.4, 0.5) is 39.5 Å². The normalized spacial score (nSPS) is 17.3. The van der Waals surface area contributed by atoms with Gasteiger partial charge >= 0.3 is 23.9 Å². The van der Waals surface area contributed by atoms with Crippen LogP contribution in [0.25, 0.3) is 10.8 Å². The lowest BCUT2D eigenvalue weighted by Gasteiger charge is -2.35. The number of ether oxygens (including phenoxy) is 1. The van der Waals surface area contributed by atoms with Crippen LogP contribution < -0.4 is 0 Å². The molecule has 1 saturated heterocycles. The van der Waals surface area contributed by atoms with Gasteiger partial charge in [-0.1, -0.05) is 36.4 Å². The summed E-state index contributed by atoms with van der Waals surface area (Å²) >= 11 is 0. The molecule has 0 saturated carbocycles. The number of hydrogen-bond donors (Lipinski definition) is 0. The molecule has 12 heteroatoms. The van der Waals surface area contributed by atoms with Crippen LogP contribution in [-0.4, -0.2) is 61.0 Å². The molecule has 1 aliphatic rings. The maximum atomic E-state index is 14.8. The molecule has 1 fully saturated rings. The van der Waals surface area contributed by atoms with Gasteiger partial charge < -0.3 is 4.74 Å². The average molecular weight is 458 g/mol. The second kappa shape index (κ2) is 7.88. The van der Waals surface area contributed by atoms with Crippen LogP contribution in [0.5, 0.6) is 0 Å². The SMILES string of the molecule is FC(F)(F)C(F)(F)C(F)(F)C(F)(F)/C(=N/N1CCOCC1)c1ccc2ccccc2c1. The molecule has 0 aromatic heterocycles. The molecule has 0 N–H and O–H groups in total. The molecule has 0 spiro atoms. The van der Waals surface area contributed by atoms with E-state index >= 15 is 0 Å². The van der Waals surface area contributed by atoms with Gasteiger partial charge in [0.1, 0.15) is 5.71 Å². The van der Waals surface area contributed by atoms with Gasteiger partial charge in [0.25, 0.3) is 0 Å². The maximum absolute atomic E-state index is 14.8. The van der Waals surface area contributed by atoms with E-state index in [9.17, 15) is 39.5 Å². The van der Waals surface area contributed by atoms with Gasteiger partial charge in [-0.05, 0) is 16.8 Å². The Morgan fingerprint density at radius 1 is 0.774 bits per heavy atom. The number of alkyl halides is 9. The maximum Gasteiger partial charge on any atom is 0.460 e. The van der Waals surface area contributed by atoms with Gasteiger partial charge in [0.2, 0.25) is 0 Å². The summed E-state index contributed by atoms with van der Waals surface area (Å²) in [5.41, 5.74) is -2.61. The Morgan fingerprint density at radius 2 is 1.35 bits per heavy atom. The predicted octanol–water partition coefficient (Wildman–Crippen LogP) is 5.34. The monoisotopic (exact) mass is 458 g/mol. The molecule has 0 aliphatic carbocycles. The number of morpholine rings is 1. The first kappa shape index (κ1) is 23.2. The van der Waals surface area contributed by atoms with Gasteiger partial charge in [-0.15, -0.1) is 0 Å². The van der Waals surface area contributed by atoms with Crippen molar-refractivity contribution in [3.63, 3.8) is 0 Å². The summed E-state index contributed by atoms with van der Waals surface area (Å²) in [6.45, 7) is -0.326. The summed E-state index contributed by atoms with van der Waals surface area (Å²) in [7, 11) is 0. The van der Waals surface area contributed by atoms with Crippen LogP contribution in [0.1, 0.15) is 5.56 Å². The summed E-state index contributed by atoms with van der Waals surface area (Å²) in [5, 5.41) is 5.03. The summed E-state index contributed by atoms with van der Waals surface area (Å²) < 4.78 is 128. The summed E-state index contributed by atoms with van der Waals surface area (Å²) in [6, 6.07) is 9.26. The van der Waals surface area contributed by atoms with Crippen molar-refractivity contribution in [2.45, 2.75) is 23.9 Å². The highest BCUT2D eigenvalue weighted by Crippen LogP contribution is 2.54. The van der Waals surface area contributed by atoms with Gasteiger partial charge in [0.15, 0.2) is 0 Å². The third kappa shape index (κ3) is 4.04. The van der Waals surface area contributed by atoms with Crippen molar-refractivity contribution in [2.75, 3.05) is 26.3 Å². The zero-order valence-electron chi connectivity index (χ0n) is 15.6. The number of nitrogens with zero attached hydrogens (tertiary/aromatic N) is 2. The molecule has 3 nitrogen and oxygen atoms in total. The summed E-state index contributed by atoms with van der Waals surface area (Å²) in [4.78, 5) is 0. The highest BCUT2D eigenvalue weighted by Gasteiger charge is 2.83. The van der Waals surface area contributed by atoms with Crippen LogP contribution >= 0.6 is 0 Å². The molecule has 0 amide bonds. The van der Waals surface area contributed by atoms with Crippen LogP contribution in [0.15, 0.2) is 47.6 Å². The largest absolute Gasteiger partial charge is 0.460 e. The minimum Gasteiger partial charge on any atom is -0.378 e. The van der Waals surface area contributed by atoms with E-state index in [4.69, 9.17) is 4.74 Å². The molecule has 0 bridgehead atoms. The van der Waals surface area contributed by atoms with Crippen LogP contribution in [0.3, 0.4) is 0 Å². The fourth-order valence-electron chi connectivity index (χ4n) is 2.96. The second-order valence-electron chi connectivity index (χ2n) is 6.80. The number of fused-ring (bicyclic) bond motifs is 1. The fraction of sp³-hybridized carbons (Fsp3) is 0.421. The van der Waals surface area contributed by atoms with Crippen molar-refractivity contribution in [1.29, 1.82) is 0 Å². The number of benzene rings is 2. The third-order valence-corrected chi connectivity index (χ3v) is 4.69. The lowest BCUT2D eigenvalue weighted by atomic mass is 9.93. The van der Waals surface area contributed by atoms with Crippen LogP contribution in [0.2, 0.25) is 0 Å². The van der Waals surface area contributed by atoms with E-state index in [0.29, 0.717) is 5.39 Å². The highest BCUT2D eigenvalue weighted by atomic mass is 19.4. The van der Waals surface area contributed by atoms with E-state index in [-0.39, 0.29) is 31.7 Å². The van der Waals surface area contributed by atoms with E-state index in [1.807, 2.05) is 0 Å².